The minimum absolute atomic E-state index is 0.178. The summed E-state index contributed by atoms with van der Waals surface area (Å²) in [6, 6.07) is 5.51. The molecule has 11 rings (SSSR count). The van der Waals surface area contributed by atoms with E-state index in [0.717, 1.165) is 70.0 Å². The Balaban J connectivity index is 1.26. The van der Waals surface area contributed by atoms with E-state index in [1.165, 1.54) is 63.1 Å². The number of nitrogens with zero attached hydrogens (tertiary/aromatic N) is 4. The zero-order valence-electron chi connectivity index (χ0n) is 31.5. The molecule has 266 valence electrons. The van der Waals surface area contributed by atoms with Gasteiger partial charge in [-0.2, -0.15) is 0 Å². The molecule has 0 N–H and O–H groups in total. The van der Waals surface area contributed by atoms with Gasteiger partial charge in [0.1, 0.15) is 0 Å². The van der Waals surface area contributed by atoms with E-state index in [9.17, 15) is 0 Å². The van der Waals surface area contributed by atoms with E-state index in [1.807, 2.05) is 37.2 Å². The van der Waals surface area contributed by atoms with Gasteiger partial charge in [-0.1, -0.05) is 69.7 Å². The van der Waals surface area contributed by atoms with Crippen molar-refractivity contribution in [2.75, 3.05) is 0 Å². The normalized spacial score (nSPS) is 35.1. The van der Waals surface area contributed by atoms with E-state index in [1.54, 1.807) is 28.8 Å². The third kappa shape index (κ3) is 5.88. The molecule has 8 aliphatic carbocycles. The Morgan fingerprint density at radius 3 is 1.36 bits per heavy atom. The first-order valence-electron chi connectivity index (χ1n) is 20.1. The summed E-state index contributed by atoms with van der Waals surface area (Å²) in [7, 11) is -0.232. The Bertz CT molecular complexity index is 1580. The quantitative estimate of drug-likeness (QED) is 0.162. The molecule has 2 heterocycles. The highest BCUT2D eigenvalue weighted by Crippen LogP contribution is 2.72. The van der Waals surface area contributed by atoms with E-state index in [-0.39, 0.29) is 7.92 Å². The van der Waals surface area contributed by atoms with E-state index >= 15 is 0 Å². The van der Waals surface area contributed by atoms with Crippen LogP contribution in [0.15, 0.2) is 49.3 Å². The molecule has 1 unspecified atom stereocenters. The molecule has 8 heteroatoms. The third-order valence-corrected chi connectivity index (χ3v) is 23.8. The summed E-state index contributed by atoms with van der Waals surface area (Å²) in [4.78, 5) is 19.4. The summed E-state index contributed by atoms with van der Waals surface area (Å²) in [5.41, 5.74) is 6.89. The van der Waals surface area contributed by atoms with Gasteiger partial charge in [-0.15, -0.1) is 9.24 Å². The lowest BCUT2D eigenvalue weighted by molar-refractivity contribution is 0.0129. The van der Waals surface area contributed by atoms with Crippen LogP contribution in [-0.2, 0) is 11.3 Å². The first-order chi connectivity index (χ1) is 23.9. The van der Waals surface area contributed by atoms with Crippen LogP contribution in [0.3, 0.4) is 0 Å². The molecule has 0 spiro atoms. The average molecular weight is 739 g/mol. The molecule has 0 amide bonds. The molecule has 1 atom stereocenters. The zero-order valence-corrected chi connectivity index (χ0v) is 35.5. The minimum Gasteiger partial charge on any atom is -0.261 e. The Morgan fingerprint density at radius 2 is 1.00 bits per heavy atom. The molecule has 0 aliphatic heterocycles. The largest absolute Gasteiger partial charge is 0.261 e. The summed E-state index contributed by atoms with van der Waals surface area (Å²) in [6.07, 6.45) is 28.0. The van der Waals surface area contributed by atoms with Crippen molar-refractivity contribution in [1.29, 1.82) is 0 Å². The van der Waals surface area contributed by atoms with Gasteiger partial charge in [0, 0.05) is 24.8 Å². The molecule has 8 aliphatic rings. The van der Waals surface area contributed by atoms with Crippen LogP contribution in [0.2, 0.25) is 39.3 Å². The number of hydrogen-bond donors (Lipinski definition) is 0. The minimum atomic E-state index is -1.71. The van der Waals surface area contributed by atoms with Gasteiger partial charge in [-0.05, 0) is 140 Å². The maximum absolute atomic E-state index is 5.06. The van der Waals surface area contributed by atoms with Gasteiger partial charge in [-0.25, -0.2) is 0 Å². The van der Waals surface area contributed by atoms with Gasteiger partial charge in [-0.3, -0.25) is 19.9 Å². The zero-order chi connectivity index (χ0) is 34.6. The van der Waals surface area contributed by atoms with Crippen molar-refractivity contribution in [3.05, 3.63) is 71.8 Å². The highest BCUT2D eigenvalue weighted by atomic mass is 31.1. The van der Waals surface area contributed by atoms with E-state index in [0.29, 0.717) is 0 Å². The second-order valence-corrected chi connectivity index (χ2v) is 33.5. The molecule has 3 aromatic rings. The van der Waals surface area contributed by atoms with E-state index in [2.05, 4.69) is 70.6 Å². The monoisotopic (exact) mass is 738 g/mol. The van der Waals surface area contributed by atoms with Crippen molar-refractivity contribution in [3.8, 4) is 0 Å². The maximum atomic E-state index is 5.06. The highest BCUT2D eigenvalue weighted by Gasteiger charge is 2.57. The SMILES string of the molecule is C[Si](C)(C)c1cc(CP(C2C3CC4CC(C3)CC2C4)C2C3CC4CC(C3)CC2C4)c(C(P)(c2cnccn2)c2cnccn2)cc1[Si](C)(C)C. The molecular formula is C42H60N4P2Si2. The standard InChI is InChI=1S/C42H60N4P2Si2/c1-49(2,3)36-21-34(35(22-37(36)50(4,5)6)42(47,38-23-43-7-9-45-38)39-24-44-8-10-46-39)25-48(40-30-13-26-11-27(15-30)16-31(40)14-26)41-32-17-28-12-29(19-32)20-33(41)18-28/h7-10,21-24,26-33,40-41H,11-20,25,47H2,1-6H3. The first kappa shape index (κ1) is 34.4. The Kier molecular flexibility index (Phi) is 8.70. The molecule has 0 radical (unpaired) electrons. The smallest absolute Gasteiger partial charge is 0.0966 e. The number of benzene rings is 1. The molecule has 4 nitrogen and oxygen atoms in total. The highest BCUT2D eigenvalue weighted by molar-refractivity contribution is 7.58. The topological polar surface area (TPSA) is 51.6 Å². The van der Waals surface area contributed by atoms with E-state index < -0.39 is 21.3 Å². The lowest BCUT2D eigenvalue weighted by atomic mass is 9.55. The van der Waals surface area contributed by atoms with Crippen LogP contribution >= 0.6 is 17.2 Å². The fraction of sp³-hybridized carbons (Fsp3) is 0.667. The Morgan fingerprint density at radius 1 is 0.600 bits per heavy atom. The summed E-state index contributed by atoms with van der Waals surface area (Å²) in [5, 5.41) is 2.74. The molecule has 2 aromatic heterocycles. The third-order valence-electron chi connectivity index (χ3n) is 14.7. The lowest BCUT2D eigenvalue weighted by Gasteiger charge is -2.62. The van der Waals surface area contributed by atoms with Gasteiger partial charge in [0.05, 0.1) is 45.1 Å². The summed E-state index contributed by atoms with van der Waals surface area (Å²) < 4.78 is 0. The van der Waals surface area contributed by atoms with Crippen molar-refractivity contribution in [1.82, 2.24) is 19.9 Å². The molecule has 8 bridgehead atoms. The summed E-state index contributed by atoms with van der Waals surface area (Å²) in [6.45, 7) is 15.4. The second kappa shape index (κ2) is 12.6. The van der Waals surface area contributed by atoms with Crippen LogP contribution < -0.4 is 10.4 Å². The molecule has 1 aromatic carbocycles. The Hall–Kier alpha value is -1.33. The van der Waals surface area contributed by atoms with Gasteiger partial charge in [0.2, 0.25) is 0 Å². The molecule has 8 fully saturated rings. The lowest BCUT2D eigenvalue weighted by Crippen LogP contribution is -2.57. The van der Waals surface area contributed by atoms with Crippen LogP contribution in [0.4, 0.5) is 0 Å². The first-order valence-corrected chi connectivity index (χ1v) is 29.4. The van der Waals surface area contributed by atoms with Gasteiger partial charge >= 0.3 is 0 Å². The summed E-state index contributed by atoms with van der Waals surface area (Å²) >= 11 is 0. The number of hydrogen-bond acceptors (Lipinski definition) is 4. The maximum Gasteiger partial charge on any atom is 0.0966 e. The fourth-order valence-electron chi connectivity index (χ4n) is 13.3. The fourth-order valence-corrected chi connectivity index (χ4v) is 23.7. The van der Waals surface area contributed by atoms with Crippen molar-refractivity contribution in [2.24, 2.45) is 47.3 Å². The summed E-state index contributed by atoms with van der Waals surface area (Å²) in [5.74, 6) is 8.05. The van der Waals surface area contributed by atoms with Crippen LogP contribution in [-0.4, -0.2) is 47.4 Å². The van der Waals surface area contributed by atoms with Crippen molar-refractivity contribution in [2.45, 2.75) is 126 Å². The van der Waals surface area contributed by atoms with Crippen molar-refractivity contribution >= 4 is 43.7 Å². The predicted octanol–water partition coefficient (Wildman–Crippen LogP) is 9.16. The molecule has 0 saturated heterocycles. The van der Waals surface area contributed by atoms with Crippen LogP contribution in [0.25, 0.3) is 0 Å². The molecule has 8 saturated carbocycles. The van der Waals surface area contributed by atoms with Crippen LogP contribution in [0.1, 0.15) is 86.7 Å². The van der Waals surface area contributed by atoms with Crippen LogP contribution in [0.5, 0.6) is 0 Å². The molecular weight excluding hydrogens is 679 g/mol. The van der Waals surface area contributed by atoms with Gasteiger partial charge < -0.3 is 0 Å². The number of aromatic nitrogens is 4. The Labute approximate surface area is 307 Å². The second-order valence-electron chi connectivity index (χ2n) is 20.1. The predicted molar refractivity (Wildman–Crippen MR) is 218 cm³/mol. The average Bonchev–Trinajstić information content (AvgIpc) is 3.06. The van der Waals surface area contributed by atoms with Crippen molar-refractivity contribution in [3.63, 3.8) is 0 Å². The van der Waals surface area contributed by atoms with Crippen LogP contribution in [0, 0.1) is 47.3 Å². The number of rotatable bonds is 9. The van der Waals surface area contributed by atoms with Gasteiger partial charge in [0.25, 0.3) is 0 Å². The van der Waals surface area contributed by atoms with Gasteiger partial charge in [0.15, 0.2) is 0 Å². The van der Waals surface area contributed by atoms with Crippen molar-refractivity contribution < 1.29 is 0 Å². The molecule has 50 heavy (non-hydrogen) atoms. The van der Waals surface area contributed by atoms with E-state index in [4.69, 9.17) is 9.97 Å².